The van der Waals surface area contributed by atoms with Gasteiger partial charge in [-0.3, -0.25) is 4.79 Å². The minimum Gasteiger partial charge on any atom is -0.481 e. The Kier molecular flexibility index (Phi) is 9.87. The first-order valence-electron chi connectivity index (χ1n) is 3.27. The molecule has 0 aromatic rings. The molecule has 0 aromatic carbocycles. The average Bonchev–Trinajstić information content (AvgIpc) is 1.82. The second kappa shape index (κ2) is 8.74. The molecule has 2 amide bonds. The van der Waals surface area contributed by atoms with Crippen LogP contribution < -0.4 is 11.5 Å². The minimum atomic E-state index is -0.833. The molecular weight excluding hydrogens is 148 g/mol. The van der Waals surface area contributed by atoms with Crippen LogP contribution in [-0.4, -0.2) is 17.1 Å². The molecule has 0 radical (unpaired) electrons. The maximum Gasteiger partial charge on any atom is 0.309 e. The van der Waals surface area contributed by atoms with Crippen molar-refractivity contribution in [1.82, 2.24) is 0 Å². The Balaban J connectivity index is 0. The highest BCUT2D eigenvalue weighted by Gasteiger charge is 1.90. The lowest BCUT2D eigenvalue weighted by molar-refractivity contribution is -0.137. The third-order valence-corrected chi connectivity index (χ3v) is 0.744. The lowest BCUT2D eigenvalue weighted by Crippen LogP contribution is -2.18. The first kappa shape index (κ1) is 12.4. The van der Waals surface area contributed by atoms with Crippen LogP contribution in [0.3, 0.4) is 0 Å². The molecule has 0 saturated heterocycles. The van der Waals surface area contributed by atoms with Crippen LogP contribution in [0.25, 0.3) is 0 Å². The zero-order valence-electron chi connectivity index (χ0n) is 6.54. The molecule has 5 N–H and O–H groups in total. The summed E-state index contributed by atoms with van der Waals surface area (Å²) in [5, 5.41) is 8.04. The second-order valence-electron chi connectivity index (χ2n) is 1.90. The molecule has 0 aliphatic heterocycles. The molecule has 0 aliphatic carbocycles. The van der Waals surface area contributed by atoms with Gasteiger partial charge in [0.25, 0.3) is 0 Å². The maximum atomic E-state index is 9.76. The molecular formula is C6H14N2O3. The SMILES string of the molecule is CCCCC(=O)O.NC(N)=O. The monoisotopic (exact) mass is 162 g/mol. The Morgan fingerprint density at radius 3 is 1.82 bits per heavy atom. The number of carboxylic acid groups (broad SMARTS) is 1. The van der Waals surface area contributed by atoms with Gasteiger partial charge in [-0.1, -0.05) is 13.3 Å². The van der Waals surface area contributed by atoms with Gasteiger partial charge in [-0.25, -0.2) is 4.79 Å². The topological polar surface area (TPSA) is 106 Å². The minimum absolute atomic E-state index is 0.316. The third kappa shape index (κ3) is 52.9. The summed E-state index contributed by atoms with van der Waals surface area (Å²) >= 11 is 0. The van der Waals surface area contributed by atoms with E-state index in [-0.39, 0.29) is 0 Å². The van der Waals surface area contributed by atoms with Gasteiger partial charge < -0.3 is 16.6 Å². The van der Waals surface area contributed by atoms with Gasteiger partial charge in [0.2, 0.25) is 0 Å². The van der Waals surface area contributed by atoms with Crippen LogP contribution >= 0.6 is 0 Å². The first-order valence-corrected chi connectivity index (χ1v) is 3.27. The van der Waals surface area contributed by atoms with Crippen LogP contribution in [0, 0.1) is 0 Å². The van der Waals surface area contributed by atoms with Gasteiger partial charge in [0, 0.05) is 6.42 Å². The van der Waals surface area contributed by atoms with Crippen molar-refractivity contribution in [3.63, 3.8) is 0 Å². The fraction of sp³-hybridized carbons (Fsp3) is 0.667. The molecule has 0 spiro atoms. The number of amides is 2. The van der Waals surface area contributed by atoms with Crippen molar-refractivity contribution in [3.05, 3.63) is 0 Å². The predicted molar refractivity (Wildman–Crippen MR) is 40.9 cm³/mol. The summed E-state index contributed by atoms with van der Waals surface area (Å²) < 4.78 is 0. The van der Waals surface area contributed by atoms with Crippen molar-refractivity contribution < 1.29 is 14.7 Å². The van der Waals surface area contributed by atoms with E-state index < -0.39 is 12.0 Å². The van der Waals surface area contributed by atoms with Crippen LogP contribution in [0.15, 0.2) is 0 Å². The van der Waals surface area contributed by atoms with Crippen LogP contribution in [0.5, 0.6) is 0 Å². The van der Waals surface area contributed by atoms with E-state index in [4.69, 9.17) is 9.90 Å². The standard InChI is InChI=1S/C5H10O2.CH4N2O/c1-2-3-4-5(6)7;2-1(3)4/h2-4H2,1H3,(H,6,7);(H4,2,3,4). The molecule has 0 unspecified atom stereocenters. The number of rotatable bonds is 3. The predicted octanol–water partition coefficient (Wildman–Crippen LogP) is 0.285. The Morgan fingerprint density at radius 1 is 1.36 bits per heavy atom. The Morgan fingerprint density at radius 2 is 1.73 bits per heavy atom. The number of hydrogen-bond acceptors (Lipinski definition) is 2. The molecule has 5 nitrogen and oxygen atoms in total. The largest absolute Gasteiger partial charge is 0.481 e. The summed E-state index contributed by atoms with van der Waals surface area (Å²) in [6.45, 7) is 1.98. The number of urea groups is 1. The number of carbonyl (C=O) groups is 2. The Hall–Kier alpha value is -1.26. The summed E-state index contributed by atoms with van der Waals surface area (Å²) in [6, 6.07) is -0.833. The second-order valence-corrected chi connectivity index (χ2v) is 1.90. The Labute approximate surface area is 65.4 Å². The summed E-state index contributed by atoms with van der Waals surface area (Å²) in [6.07, 6.45) is 2.08. The fourth-order valence-corrected chi connectivity index (χ4v) is 0.328. The zero-order valence-corrected chi connectivity index (χ0v) is 6.54. The normalized spacial score (nSPS) is 7.73. The molecule has 0 rings (SSSR count). The van der Waals surface area contributed by atoms with Crippen molar-refractivity contribution in [2.45, 2.75) is 26.2 Å². The third-order valence-electron chi connectivity index (χ3n) is 0.744. The number of carboxylic acids is 1. The number of carbonyl (C=O) groups excluding carboxylic acids is 1. The van der Waals surface area contributed by atoms with Crippen molar-refractivity contribution in [1.29, 1.82) is 0 Å². The molecule has 0 bridgehead atoms. The van der Waals surface area contributed by atoms with Gasteiger partial charge in [0.15, 0.2) is 0 Å². The lowest BCUT2D eigenvalue weighted by Gasteiger charge is -1.85. The molecule has 0 fully saturated rings. The van der Waals surface area contributed by atoms with E-state index >= 15 is 0 Å². The highest BCUT2D eigenvalue weighted by atomic mass is 16.4. The van der Waals surface area contributed by atoms with Gasteiger partial charge in [-0.15, -0.1) is 0 Å². The maximum absolute atomic E-state index is 9.76. The highest BCUT2D eigenvalue weighted by molar-refractivity contribution is 5.69. The van der Waals surface area contributed by atoms with Crippen molar-refractivity contribution in [3.8, 4) is 0 Å². The zero-order chi connectivity index (χ0) is 9.28. The summed E-state index contributed by atoms with van der Waals surface area (Å²) in [4.78, 5) is 18.8. The van der Waals surface area contributed by atoms with Gasteiger partial charge >= 0.3 is 12.0 Å². The smallest absolute Gasteiger partial charge is 0.309 e. The molecule has 11 heavy (non-hydrogen) atoms. The van der Waals surface area contributed by atoms with Gasteiger partial charge in [-0.05, 0) is 6.42 Å². The summed E-state index contributed by atoms with van der Waals surface area (Å²) in [5.41, 5.74) is 8.50. The lowest BCUT2D eigenvalue weighted by atomic mass is 10.3. The van der Waals surface area contributed by atoms with Crippen LogP contribution in [-0.2, 0) is 4.79 Å². The number of primary amides is 2. The quantitative estimate of drug-likeness (QED) is 0.555. The van der Waals surface area contributed by atoms with E-state index in [1.807, 2.05) is 6.92 Å². The number of nitrogens with two attached hydrogens (primary N) is 2. The molecule has 0 heterocycles. The molecule has 0 atom stereocenters. The fourth-order valence-electron chi connectivity index (χ4n) is 0.328. The average molecular weight is 162 g/mol. The van der Waals surface area contributed by atoms with E-state index in [1.165, 1.54) is 0 Å². The summed E-state index contributed by atoms with van der Waals surface area (Å²) in [7, 11) is 0. The van der Waals surface area contributed by atoms with Crippen molar-refractivity contribution in [2.75, 3.05) is 0 Å². The van der Waals surface area contributed by atoms with Gasteiger partial charge in [0.1, 0.15) is 0 Å². The van der Waals surface area contributed by atoms with Crippen molar-refractivity contribution >= 4 is 12.0 Å². The van der Waals surface area contributed by atoms with E-state index in [9.17, 15) is 4.79 Å². The van der Waals surface area contributed by atoms with E-state index in [0.717, 1.165) is 12.8 Å². The molecule has 5 heteroatoms. The van der Waals surface area contributed by atoms with Crippen LogP contribution in [0.1, 0.15) is 26.2 Å². The summed E-state index contributed by atoms with van der Waals surface area (Å²) in [5.74, 6) is -0.693. The molecule has 0 aliphatic rings. The van der Waals surface area contributed by atoms with Crippen LogP contribution in [0.4, 0.5) is 4.79 Å². The van der Waals surface area contributed by atoms with Crippen LogP contribution in [0.2, 0.25) is 0 Å². The van der Waals surface area contributed by atoms with Gasteiger partial charge in [-0.2, -0.15) is 0 Å². The number of unbranched alkanes of at least 4 members (excludes halogenated alkanes) is 1. The van der Waals surface area contributed by atoms with Crippen molar-refractivity contribution in [2.24, 2.45) is 11.5 Å². The molecule has 66 valence electrons. The first-order chi connectivity index (χ1) is 5.00. The van der Waals surface area contributed by atoms with E-state index in [0.29, 0.717) is 6.42 Å². The molecule has 0 saturated carbocycles. The molecule has 0 aromatic heterocycles. The highest BCUT2D eigenvalue weighted by Crippen LogP contribution is 1.91. The van der Waals surface area contributed by atoms with E-state index in [1.54, 1.807) is 0 Å². The number of hydrogen-bond donors (Lipinski definition) is 3. The number of aliphatic carboxylic acids is 1. The van der Waals surface area contributed by atoms with Gasteiger partial charge in [0.05, 0.1) is 0 Å². The van der Waals surface area contributed by atoms with E-state index in [2.05, 4.69) is 11.5 Å². The Bertz CT molecular complexity index is 121.